The maximum atomic E-state index is 12.4. The summed E-state index contributed by atoms with van der Waals surface area (Å²) in [5.74, 6) is 0.543. The zero-order chi connectivity index (χ0) is 15.4. The van der Waals surface area contributed by atoms with Crippen LogP contribution in [0.1, 0.15) is 21.5 Å². The van der Waals surface area contributed by atoms with Crippen molar-refractivity contribution in [2.24, 2.45) is 0 Å². The Morgan fingerprint density at radius 1 is 1.19 bits per heavy atom. The first-order valence-corrected chi connectivity index (χ1v) is 6.76. The first-order valence-electron chi connectivity index (χ1n) is 6.76. The molecular formula is C17H20N2O2. The lowest BCUT2D eigenvalue weighted by Crippen LogP contribution is -2.27. The van der Waals surface area contributed by atoms with Crippen LogP contribution in [0, 0.1) is 6.92 Å². The molecule has 0 atom stereocenters. The van der Waals surface area contributed by atoms with Gasteiger partial charge < -0.3 is 15.4 Å². The lowest BCUT2D eigenvalue weighted by Gasteiger charge is -2.18. The Morgan fingerprint density at radius 3 is 2.43 bits per heavy atom. The molecule has 1 amide bonds. The van der Waals surface area contributed by atoms with E-state index in [0.717, 1.165) is 5.56 Å². The van der Waals surface area contributed by atoms with E-state index in [2.05, 4.69) is 0 Å². The van der Waals surface area contributed by atoms with Crippen molar-refractivity contribution in [3.05, 3.63) is 59.2 Å². The van der Waals surface area contributed by atoms with Gasteiger partial charge in [0.25, 0.3) is 5.91 Å². The Hall–Kier alpha value is -2.49. The van der Waals surface area contributed by atoms with Crippen molar-refractivity contribution in [1.82, 2.24) is 4.90 Å². The highest BCUT2D eigenvalue weighted by atomic mass is 16.5. The van der Waals surface area contributed by atoms with Gasteiger partial charge in [-0.1, -0.05) is 29.8 Å². The predicted octanol–water partition coefficient (Wildman–Crippen LogP) is 2.86. The summed E-state index contributed by atoms with van der Waals surface area (Å²) >= 11 is 0. The van der Waals surface area contributed by atoms with Gasteiger partial charge in [-0.3, -0.25) is 4.79 Å². The van der Waals surface area contributed by atoms with E-state index in [0.29, 0.717) is 23.5 Å². The molecule has 0 saturated heterocycles. The number of ether oxygens (including phenoxy) is 1. The fraction of sp³-hybridized carbons (Fsp3) is 0.235. The van der Waals surface area contributed by atoms with Crippen molar-refractivity contribution in [3.63, 3.8) is 0 Å². The van der Waals surface area contributed by atoms with E-state index in [1.807, 2.05) is 31.2 Å². The summed E-state index contributed by atoms with van der Waals surface area (Å²) in [6, 6.07) is 13.2. The molecule has 0 unspecified atom stereocenters. The second-order valence-corrected chi connectivity index (χ2v) is 5.10. The molecule has 0 aliphatic carbocycles. The number of hydrogen-bond donors (Lipinski definition) is 1. The molecule has 2 N–H and O–H groups in total. The van der Waals surface area contributed by atoms with Gasteiger partial charge in [-0.05, 0) is 24.6 Å². The number of methoxy groups -OCH3 is 1. The van der Waals surface area contributed by atoms with Crippen LogP contribution in [0.2, 0.25) is 0 Å². The van der Waals surface area contributed by atoms with E-state index in [1.54, 1.807) is 37.3 Å². The average molecular weight is 284 g/mol. The van der Waals surface area contributed by atoms with Gasteiger partial charge in [-0.2, -0.15) is 0 Å². The molecule has 0 saturated carbocycles. The molecule has 0 aliphatic heterocycles. The van der Waals surface area contributed by atoms with E-state index < -0.39 is 0 Å². The fourth-order valence-electron chi connectivity index (χ4n) is 2.11. The molecule has 110 valence electrons. The quantitative estimate of drug-likeness (QED) is 0.878. The second-order valence-electron chi connectivity index (χ2n) is 5.10. The molecule has 21 heavy (non-hydrogen) atoms. The maximum absolute atomic E-state index is 12.4. The van der Waals surface area contributed by atoms with Gasteiger partial charge >= 0.3 is 0 Å². The van der Waals surface area contributed by atoms with Gasteiger partial charge in [0.1, 0.15) is 5.75 Å². The summed E-state index contributed by atoms with van der Waals surface area (Å²) in [7, 11) is 3.34. The average Bonchev–Trinajstić information content (AvgIpc) is 2.48. The van der Waals surface area contributed by atoms with Crippen molar-refractivity contribution in [3.8, 4) is 5.75 Å². The molecule has 4 heteroatoms. The number of nitrogens with two attached hydrogens (primary N) is 1. The lowest BCUT2D eigenvalue weighted by molar-refractivity contribution is 0.0786. The summed E-state index contributed by atoms with van der Waals surface area (Å²) in [5, 5.41) is 0. The summed E-state index contributed by atoms with van der Waals surface area (Å²) in [6.07, 6.45) is 0. The molecule has 0 radical (unpaired) electrons. The van der Waals surface area contributed by atoms with Crippen molar-refractivity contribution in [2.45, 2.75) is 13.5 Å². The number of amides is 1. The molecule has 0 bridgehead atoms. The zero-order valence-electron chi connectivity index (χ0n) is 12.6. The van der Waals surface area contributed by atoms with Crippen LogP contribution in [-0.4, -0.2) is 25.0 Å². The van der Waals surface area contributed by atoms with Gasteiger partial charge in [-0.25, -0.2) is 0 Å². The molecule has 0 heterocycles. The van der Waals surface area contributed by atoms with Crippen LogP contribution in [0.15, 0.2) is 42.5 Å². The van der Waals surface area contributed by atoms with Crippen LogP contribution in [0.3, 0.4) is 0 Å². The Kier molecular flexibility index (Phi) is 4.48. The minimum Gasteiger partial charge on any atom is -0.497 e. The Morgan fingerprint density at radius 2 is 1.86 bits per heavy atom. The number of carbonyl (C=O) groups is 1. The van der Waals surface area contributed by atoms with Gasteiger partial charge in [-0.15, -0.1) is 0 Å². The van der Waals surface area contributed by atoms with Crippen LogP contribution in [0.4, 0.5) is 5.69 Å². The molecular weight excluding hydrogens is 264 g/mol. The van der Waals surface area contributed by atoms with Crippen LogP contribution in [-0.2, 0) is 6.54 Å². The van der Waals surface area contributed by atoms with E-state index in [-0.39, 0.29) is 5.91 Å². The minimum atomic E-state index is -0.101. The predicted molar refractivity (Wildman–Crippen MR) is 84.4 cm³/mol. The molecule has 2 aromatic rings. The smallest absolute Gasteiger partial charge is 0.255 e. The van der Waals surface area contributed by atoms with Crippen LogP contribution < -0.4 is 10.5 Å². The third-order valence-electron chi connectivity index (χ3n) is 3.38. The molecule has 0 fully saturated rings. The third-order valence-corrected chi connectivity index (χ3v) is 3.38. The van der Waals surface area contributed by atoms with Crippen LogP contribution >= 0.6 is 0 Å². The molecule has 0 spiro atoms. The lowest BCUT2D eigenvalue weighted by atomic mass is 10.1. The van der Waals surface area contributed by atoms with Crippen LogP contribution in [0.25, 0.3) is 0 Å². The number of nitrogens with zero attached hydrogens (tertiary/aromatic N) is 1. The van der Waals surface area contributed by atoms with Crippen molar-refractivity contribution >= 4 is 11.6 Å². The standard InChI is InChI=1S/C17H20N2O2/c1-12-4-6-13(7-5-12)11-19(2)17(20)15-9-8-14(21-3)10-16(15)18/h4-10H,11,18H2,1-3H3. The summed E-state index contributed by atoms with van der Waals surface area (Å²) in [4.78, 5) is 14.1. The summed E-state index contributed by atoms with van der Waals surface area (Å²) < 4.78 is 5.09. The zero-order valence-corrected chi connectivity index (χ0v) is 12.6. The number of rotatable bonds is 4. The number of carbonyl (C=O) groups excluding carboxylic acids is 1. The minimum absolute atomic E-state index is 0.101. The molecule has 0 aliphatic rings. The SMILES string of the molecule is COc1ccc(C(=O)N(C)Cc2ccc(C)cc2)c(N)c1. The molecule has 2 aromatic carbocycles. The fourth-order valence-corrected chi connectivity index (χ4v) is 2.11. The largest absolute Gasteiger partial charge is 0.497 e. The number of anilines is 1. The van der Waals surface area contributed by atoms with Crippen molar-refractivity contribution in [2.75, 3.05) is 19.9 Å². The van der Waals surface area contributed by atoms with E-state index in [4.69, 9.17) is 10.5 Å². The Bertz CT molecular complexity index is 636. The third kappa shape index (κ3) is 3.54. The van der Waals surface area contributed by atoms with Gasteiger partial charge in [0.15, 0.2) is 0 Å². The Labute approximate surface area is 125 Å². The van der Waals surface area contributed by atoms with Crippen LogP contribution in [0.5, 0.6) is 5.75 Å². The van der Waals surface area contributed by atoms with Gasteiger partial charge in [0.05, 0.1) is 12.7 Å². The number of nitrogen functional groups attached to an aromatic ring is 1. The summed E-state index contributed by atoms with van der Waals surface area (Å²) in [6.45, 7) is 2.58. The second kappa shape index (κ2) is 6.31. The first kappa shape index (κ1) is 14.9. The van der Waals surface area contributed by atoms with Gasteiger partial charge in [0, 0.05) is 25.3 Å². The first-order chi connectivity index (χ1) is 10.0. The normalized spacial score (nSPS) is 10.2. The summed E-state index contributed by atoms with van der Waals surface area (Å²) in [5.41, 5.74) is 9.13. The van der Waals surface area contributed by atoms with Crippen molar-refractivity contribution in [1.29, 1.82) is 0 Å². The van der Waals surface area contributed by atoms with Gasteiger partial charge in [0.2, 0.25) is 0 Å². The van der Waals surface area contributed by atoms with Crippen molar-refractivity contribution < 1.29 is 9.53 Å². The topological polar surface area (TPSA) is 55.6 Å². The highest BCUT2D eigenvalue weighted by Crippen LogP contribution is 2.21. The monoisotopic (exact) mass is 284 g/mol. The molecule has 0 aromatic heterocycles. The van der Waals surface area contributed by atoms with E-state index in [1.165, 1.54) is 5.56 Å². The maximum Gasteiger partial charge on any atom is 0.255 e. The molecule has 2 rings (SSSR count). The van der Waals surface area contributed by atoms with E-state index >= 15 is 0 Å². The van der Waals surface area contributed by atoms with E-state index in [9.17, 15) is 4.79 Å². The Balaban J connectivity index is 2.13. The molecule has 4 nitrogen and oxygen atoms in total. The number of aryl methyl sites for hydroxylation is 1. The highest BCUT2D eigenvalue weighted by molar-refractivity contribution is 5.99. The number of benzene rings is 2. The number of hydrogen-bond acceptors (Lipinski definition) is 3. The highest BCUT2D eigenvalue weighted by Gasteiger charge is 2.15.